The first kappa shape index (κ1) is 13.6. The highest BCUT2D eigenvalue weighted by molar-refractivity contribution is 8.00. The number of nitrogens with two attached hydrogens (primary N) is 1. The van der Waals surface area contributed by atoms with Crippen LogP contribution in [-0.4, -0.2) is 23.0 Å². The molecule has 1 saturated heterocycles. The maximum atomic E-state index is 12.1. The van der Waals surface area contributed by atoms with Crippen molar-refractivity contribution in [1.82, 2.24) is 5.32 Å². The van der Waals surface area contributed by atoms with Crippen LogP contribution in [0.1, 0.15) is 30.1 Å². The summed E-state index contributed by atoms with van der Waals surface area (Å²) in [5.74, 6) is 1.02. The predicted octanol–water partition coefficient (Wildman–Crippen LogP) is 2.94. The fourth-order valence-electron chi connectivity index (χ4n) is 2.06. The minimum Gasteiger partial charge on any atom is -0.399 e. The van der Waals surface area contributed by atoms with E-state index in [1.807, 2.05) is 11.8 Å². The SMILES string of the molecule is CC1(CNC(=O)c2cc(N)ccc2Cl)CCCS1. The van der Waals surface area contributed by atoms with Crippen molar-refractivity contribution in [2.75, 3.05) is 18.0 Å². The van der Waals surface area contributed by atoms with Gasteiger partial charge in [0.1, 0.15) is 0 Å². The summed E-state index contributed by atoms with van der Waals surface area (Å²) in [5, 5.41) is 3.39. The van der Waals surface area contributed by atoms with Crippen LogP contribution >= 0.6 is 23.4 Å². The molecule has 1 aliphatic rings. The number of amides is 1. The smallest absolute Gasteiger partial charge is 0.252 e. The highest BCUT2D eigenvalue weighted by Crippen LogP contribution is 2.37. The van der Waals surface area contributed by atoms with Crippen LogP contribution in [0.25, 0.3) is 0 Å². The molecule has 3 N–H and O–H groups in total. The number of halogens is 1. The summed E-state index contributed by atoms with van der Waals surface area (Å²) < 4.78 is 0.155. The molecule has 1 atom stereocenters. The Morgan fingerprint density at radius 2 is 2.39 bits per heavy atom. The molecule has 18 heavy (non-hydrogen) atoms. The van der Waals surface area contributed by atoms with Crippen molar-refractivity contribution in [2.45, 2.75) is 24.5 Å². The maximum Gasteiger partial charge on any atom is 0.252 e. The van der Waals surface area contributed by atoms with Gasteiger partial charge in [0.15, 0.2) is 0 Å². The lowest BCUT2D eigenvalue weighted by molar-refractivity contribution is 0.0950. The van der Waals surface area contributed by atoms with E-state index in [9.17, 15) is 4.79 Å². The number of benzene rings is 1. The van der Waals surface area contributed by atoms with Gasteiger partial charge in [-0.2, -0.15) is 11.8 Å². The van der Waals surface area contributed by atoms with Gasteiger partial charge in [-0.3, -0.25) is 4.79 Å². The van der Waals surface area contributed by atoms with Gasteiger partial charge < -0.3 is 11.1 Å². The number of nitrogens with one attached hydrogen (secondary N) is 1. The number of rotatable bonds is 3. The van der Waals surface area contributed by atoms with E-state index in [0.29, 0.717) is 22.8 Å². The minimum absolute atomic E-state index is 0.152. The van der Waals surface area contributed by atoms with Gasteiger partial charge >= 0.3 is 0 Å². The maximum absolute atomic E-state index is 12.1. The summed E-state index contributed by atoms with van der Waals surface area (Å²) in [6.07, 6.45) is 2.36. The molecule has 3 nitrogen and oxygen atoms in total. The average Bonchev–Trinajstić information content (AvgIpc) is 2.77. The van der Waals surface area contributed by atoms with Gasteiger partial charge in [-0.05, 0) is 43.7 Å². The first-order valence-corrected chi connectivity index (χ1v) is 7.34. The lowest BCUT2D eigenvalue weighted by Gasteiger charge is -2.23. The Balaban J connectivity index is 2.01. The number of thioether (sulfide) groups is 1. The molecule has 0 aromatic heterocycles. The third kappa shape index (κ3) is 3.12. The quantitative estimate of drug-likeness (QED) is 0.839. The fraction of sp³-hybridized carbons (Fsp3) is 0.462. The van der Waals surface area contributed by atoms with E-state index in [1.165, 1.54) is 12.2 Å². The van der Waals surface area contributed by atoms with E-state index in [-0.39, 0.29) is 10.7 Å². The number of carbonyl (C=O) groups excluding carboxylic acids is 1. The lowest BCUT2D eigenvalue weighted by atomic mass is 10.1. The Morgan fingerprint density at radius 1 is 1.61 bits per heavy atom. The summed E-state index contributed by atoms with van der Waals surface area (Å²) in [6, 6.07) is 4.95. The number of hydrogen-bond acceptors (Lipinski definition) is 3. The Hall–Kier alpha value is -0.870. The van der Waals surface area contributed by atoms with E-state index in [2.05, 4.69) is 12.2 Å². The van der Waals surface area contributed by atoms with Crippen LogP contribution in [-0.2, 0) is 0 Å². The summed E-state index contributed by atoms with van der Waals surface area (Å²) in [7, 11) is 0. The molecule has 0 saturated carbocycles. The normalized spacial score (nSPS) is 23.0. The zero-order valence-corrected chi connectivity index (χ0v) is 11.9. The van der Waals surface area contributed by atoms with Crippen molar-refractivity contribution in [1.29, 1.82) is 0 Å². The molecule has 1 aromatic rings. The van der Waals surface area contributed by atoms with Crippen LogP contribution in [0.2, 0.25) is 5.02 Å². The highest BCUT2D eigenvalue weighted by Gasteiger charge is 2.30. The van der Waals surface area contributed by atoms with Crippen molar-refractivity contribution in [3.63, 3.8) is 0 Å². The molecule has 0 bridgehead atoms. The monoisotopic (exact) mass is 284 g/mol. The van der Waals surface area contributed by atoms with E-state index in [1.54, 1.807) is 18.2 Å². The second kappa shape index (κ2) is 5.41. The van der Waals surface area contributed by atoms with Crippen molar-refractivity contribution in [2.24, 2.45) is 0 Å². The van der Waals surface area contributed by atoms with Crippen LogP contribution in [0, 0.1) is 0 Å². The molecule has 0 aliphatic carbocycles. The van der Waals surface area contributed by atoms with Crippen molar-refractivity contribution in [3.05, 3.63) is 28.8 Å². The zero-order valence-electron chi connectivity index (χ0n) is 10.3. The highest BCUT2D eigenvalue weighted by atomic mass is 35.5. The van der Waals surface area contributed by atoms with E-state index >= 15 is 0 Å². The summed E-state index contributed by atoms with van der Waals surface area (Å²) >= 11 is 7.92. The van der Waals surface area contributed by atoms with Gasteiger partial charge in [0, 0.05) is 17.0 Å². The van der Waals surface area contributed by atoms with Gasteiger partial charge in [0.2, 0.25) is 0 Å². The molecule has 2 rings (SSSR count). The number of nitrogen functional groups attached to an aromatic ring is 1. The van der Waals surface area contributed by atoms with Gasteiger partial charge in [-0.15, -0.1) is 0 Å². The third-order valence-corrected chi connectivity index (χ3v) is 5.03. The third-order valence-electron chi connectivity index (χ3n) is 3.16. The molecular formula is C13H17ClN2OS. The Bertz CT molecular complexity index is 458. The molecule has 1 fully saturated rings. The zero-order chi connectivity index (χ0) is 13.2. The largest absolute Gasteiger partial charge is 0.399 e. The predicted molar refractivity (Wildman–Crippen MR) is 78.3 cm³/mol. The van der Waals surface area contributed by atoms with Crippen LogP contribution < -0.4 is 11.1 Å². The molecule has 0 radical (unpaired) electrons. The molecule has 0 spiro atoms. The van der Waals surface area contributed by atoms with Crippen LogP contribution in [0.15, 0.2) is 18.2 Å². The van der Waals surface area contributed by atoms with Crippen LogP contribution in [0.5, 0.6) is 0 Å². The molecule has 5 heteroatoms. The Labute approximate surface area is 116 Å². The molecule has 1 aliphatic heterocycles. The molecular weight excluding hydrogens is 268 g/mol. The molecule has 1 heterocycles. The molecule has 1 unspecified atom stereocenters. The lowest BCUT2D eigenvalue weighted by Crippen LogP contribution is -2.36. The first-order chi connectivity index (χ1) is 8.50. The van der Waals surface area contributed by atoms with E-state index in [0.717, 1.165) is 6.42 Å². The molecule has 1 aromatic carbocycles. The molecule has 98 valence electrons. The van der Waals surface area contributed by atoms with E-state index < -0.39 is 0 Å². The number of anilines is 1. The number of carbonyl (C=O) groups is 1. The Morgan fingerprint density at radius 3 is 3.06 bits per heavy atom. The van der Waals surface area contributed by atoms with Crippen molar-refractivity contribution < 1.29 is 4.79 Å². The second-order valence-electron chi connectivity index (χ2n) is 4.82. The standard InChI is InChI=1S/C13H17ClN2OS/c1-13(5-2-6-18-13)8-16-12(17)10-7-9(15)3-4-11(10)14/h3-4,7H,2,5-6,8,15H2,1H3,(H,16,17). The Kier molecular flexibility index (Phi) is 4.07. The van der Waals surface area contributed by atoms with E-state index in [4.69, 9.17) is 17.3 Å². The average molecular weight is 285 g/mol. The first-order valence-electron chi connectivity index (χ1n) is 5.97. The van der Waals surface area contributed by atoms with Gasteiger partial charge in [-0.1, -0.05) is 11.6 Å². The minimum atomic E-state index is -0.152. The van der Waals surface area contributed by atoms with Crippen LogP contribution in [0.4, 0.5) is 5.69 Å². The second-order valence-corrected chi connectivity index (χ2v) is 6.91. The van der Waals surface area contributed by atoms with Gasteiger partial charge in [0.25, 0.3) is 5.91 Å². The number of hydrogen-bond donors (Lipinski definition) is 2. The van der Waals surface area contributed by atoms with Crippen molar-refractivity contribution >= 4 is 35.0 Å². The summed E-state index contributed by atoms with van der Waals surface area (Å²) in [4.78, 5) is 12.1. The van der Waals surface area contributed by atoms with Crippen LogP contribution in [0.3, 0.4) is 0 Å². The van der Waals surface area contributed by atoms with Gasteiger partial charge in [-0.25, -0.2) is 0 Å². The molecule has 1 amide bonds. The topological polar surface area (TPSA) is 55.1 Å². The fourth-order valence-corrected chi connectivity index (χ4v) is 3.50. The van der Waals surface area contributed by atoms with Crippen molar-refractivity contribution in [3.8, 4) is 0 Å². The van der Waals surface area contributed by atoms with Gasteiger partial charge in [0.05, 0.1) is 10.6 Å². The summed E-state index contributed by atoms with van der Waals surface area (Å²) in [6.45, 7) is 2.85. The summed E-state index contributed by atoms with van der Waals surface area (Å²) in [5.41, 5.74) is 6.66.